The molecule has 23 heavy (non-hydrogen) atoms. The summed E-state index contributed by atoms with van der Waals surface area (Å²) >= 11 is 1.46. The third kappa shape index (κ3) is 3.13. The van der Waals surface area contributed by atoms with Crippen LogP contribution >= 0.6 is 11.3 Å². The van der Waals surface area contributed by atoms with Crippen LogP contribution < -0.4 is 5.32 Å². The van der Waals surface area contributed by atoms with Gasteiger partial charge in [-0.2, -0.15) is 0 Å². The van der Waals surface area contributed by atoms with E-state index in [0.29, 0.717) is 16.1 Å². The first-order valence-corrected chi connectivity index (χ1v) is 8.19. The van der Waals surface area contributed by atoms with Gasteiger partial charge in [-0.15, -0.1) is 11.3 Å². The van der Waals surface area contributed by atoms with Gasteiger partial charge in [0, 0.05) is 23.5 Å². The van der Waals surface area contributed by atoms with Gasteiger partial charge in [-0.25, -0.2) is 4.79 Å². The highest BCUT2D eigenvalue weighted by molar-refractivity contribution is 7.17. The summed E-state index contributed by atoms with van der Waals surface area (Å²) in [5, 5.41) is 3.45. The normalized spacial score (nSPS) is 14.2. The number of carbonyl (C=O) groups excluding carboxylic acids is 2. The van der Waals surface area contributed by atoms with E-state index in [4.69, 9.17) is 4.74 Å². The summed E-state index contributed by atoms with van der Waals surface area (Å²) in [6.07, 6.45) is 0.786. The molecule has 1 aromatic carbocycles. The van der Waals surface area contributed by atoms with Crippen LogP contribution in [0.15, 0.2) is 30.3 Å². The van der Waals surface area contributed by atoms with Crippen molar-refractivity contribution in [2.24, 2.45) is 0 Å². The summed E-state index contributed by atoms with van der Waals surface area (Å²) in [7, 11) is 3.41. The fraction of sp³-hybridized carbons (Fsp3) is 0.294. The minimum absolute atomic E-state index is 0.220. The number of amides is 1. The van der Waals surface area contributed by atoms with Crippen LogP contribution in [-0.4, -0.2) is 37.5 Å². The largest absolute Gasteiger partial charge is 0.465 e. The van der Waals surface area contributed by atoms with E-state index in [1.54, 1.807) is 12.1 Å². The molecule has 120 valence electrons. The van der Waals surface area contributed by atoms with Crippen LogP contribution in [0.2, 0.25) is 0 Å². The van der Waals surface area contributed by atoms with Gasteiger partial charge in [0.15, 0.2) is 0 Å². The molecule has 0 atom stereocenters. The number of methoxy groups -OCH3 is 1. The first-order valence-electron chi connectivity index (χ1n) is 7.38. The van der Waals surface area contributed by atoms with Crippen molar-refractivity contribution in [1.29, 1.82) is 0 Å². The number of likely N-dealkylation sites (N-methyl/N-ethyl adjacent to an activating group) is 1. The molecular weight excluding hydrogens is 312 g/mol. The molecule has 5 nitrogen and oxygen atoms in total. The number of nitrogens with one attached hydrogen (secondary N) is 1. The average Bonchev–Trinajstić information content (AvgIpc) is 2.91. The predicted octanol–water partition coefficient (Wildman–Crippen LogP) is 2.77. The van der Waals surface area contributed by atoms with E-state index in [1.165, 1.54) is 18.4 Å². The number of rotatable bonds is 3. The molecule has 6 heteroatoms. The lowest BCUT2D eigenvalue weighted by Gasteiger charge is -2.22. The van der Waals surface area contributed by atoms with Gasteiger partial charge in [-0.3, -0.25) is 4.79 Å². The number of nitrogens with zero attached hydrogens (tertiary/aromatic N) is 1. The molecule has 1 N–H and O–H groups in total. The van der Waals surface area contributed by atoms with Crippen LogP contribution in [0.3, 0.4) is 0 Å². The highest BCUT2D eigenvalue weighted by Gasteiger charge is 2.28. The number of carbonyl (C=O) groups is 2. The second-order valence-electron chi connectivity index (χ2n) is 5.51. The molecule has 0 saturated heterocycles. The zero-order valence-corrected chi connectivity index (χ0v) is 13.9. The van der Waals surface area contributed by atoms with Crippen LogP contribution in [0.4, 0.5) is 5.00 Å². The maximum absolute atomic E-state index is 12.4. The molecule has 0 bridgehead atoms. The van der Waals surface area contributed by atoms with E-state index in [-0.39, 0.29) is 5.91 Å². The second-order valence-corrected chi connectivity index (χ2v) is 6.61. The number of hydrogen-bond donors (Lipinski definition) is 1. The summed E-state index contributed by atoms with van der Waals surface area (Å²) in [5.74, 6) is -0.613. The number of hydrogen-bond acceptors (Lipinski definition) is 5. The third-order valence-corrected chi connectivity index (χ3v) is 5.03. The standard InChI is InChI=1S/C17H18N2O3S/c1-19-9-8-12-13(10-19)23-16(14(12)17(21)22-2)18-15(20)11-6-4-3-5-7-11/h3-7H,8-10H2,1-2H3,(H,18,20). The Hall–Kier alpha value is -2.18. The number of anilines is 1. The summed E-state index contributed by atoms with van der Waals surface area (Å²) < 4.78 is 4.92. The van der Waals surface area contributed by atoms with Gasteiger partial charge in [0.2, 0.25) is 0 Å². The van der Waals surface area contributed by atoms with Crippen LogP contribution in [0.5, 0.6) is 0 Å². The molecule has 0 spiro atoms. The Morgan fingerprint density at radius 3 is 2.70 bits per heavy atom. The van der Waals surface area contributed by atoms with Crippen molar-refractivity contribution >= 4 is 28.2 Å². The molecule has 1 aromatic heterocycles. The molecule has 0 radical (unpaired) electrons. The second kappa shape index (κ2) is 6.52. The van der Waals surface area contributed by atoms with E-state index in [0.717, 1.165) is 30.0 Å². The number of fused-ring (bicyclic) bond motifs is 1. The van der Waals surface area contributed by atoms with Crippen LogP contribution in [0.1, 0.15) is 31.2 Å². The van der Waals surface area contributed by atoms with Gasteiger partial charge in [0.25, 0.3) is 5.91 Å². The lowest BCUT2D eigenvalue weighted by Crippen LogP contribution is -2.26. The Balaban J connectivity index is 1.95. The van der Waals surface area contributed by atoms with E-state index in [9.17, 15) is 9.59 Å². The van der Waals surface area contributed by atoms with Crippen LogP contribution in [0, 0.1) is 0 Å². The lowest BCUT2D eigenvalue weighted by atomic mass is 10.0. The fourth-order valence-electron chi connectivity index (χ4n) is 2.70. The van der Waals surface area contributed by atoms with Crippen molar-refractivity contribution in [3.8, 4) is 0 Å². The van der Waals surface area contributed by atoms with Crippen molar-refractivity contribution in [2.45, 2.75) is 13.0 Å². The highest BCUT2D eigenvalue weighted by atomic mass is 32.1. The Labute approximate surface area is 138 Å². The van der Waals surface area contributed by atoms with E-state index in [2.05, 4.69) is 10.2 Å². The average molecular weight is 330 g/mol. The van der Waals surface area contributed by atoms with E-state index >= 15 is 0 Å². The van der Waals surface area contributed by atoms with Crippen molar-refractivity contribution in [1.82, 2.24) is 4.90 Å². The first-order chi connectivity index (χ1) is 11.1. The van der Waals surface area contributed by atoms with Gasteiger partial charge >= 0.3 is 5.97 Å². The van der Waals surface area contributed by atoms with Crippen LogP contribution in [0.25, 0.3) is 0 Å². The smallest absolute Gasteiger partial charge is 0.341 e. The number of benzene rings is 1. The van der Waals surface area contributed by atoms with Gasteiger partial charge in [-0.05, 0) is 31.2 Å². The van der Waals surface area contributed by atoms with Crippen molar-refractivity contribution in [3.63, 3.8) is 0 Å². The van der Waals surface area contributed by atoms with Gasteiger partial charge in [0.1, 0.15) is 5.00 Å². The Bertz CT molecular complexity index is 740. The van der Waals surface area contributed by atoms with E-state index in [1.807, 2.05) is 25.2 Å². The van der Waals surface area contributed by atoms with Crippen molar-refractivity contribution < 1.29 is 14.3 Å². The van der Waals surface area contributed by atoms with Gasteiger partial charge in [0.05, 0.1) is 12.7 Å². The number of ether oxygens (including phenoxy) is 1. The number of esters is 1. The summed E-state index contributed by atoms with van der Waals surface area (Å²) in [6.45, 7) is 1.67. The lowest BCUT2D eigenvalue weighted by molar-refractivity contribution is 0.0600. The molecule has 1 aliphatic rings. The van der Waals surface area contributed by atoms with Gasteiger partial charge in [-0.1, -0.05) is 18.2 Å². The molecule has 0 saturated carbocycles. The molecule has 1 amide bonds. The summed E-state index contributed by atoms with van der Waals surface area (Å²) in [5.41, 5.74) is 2.07. The number of thiophene rings is 1. The molecule has 1 aliphatic heterocycles. The first kappa shape index (κ1) is 15.7. The highest BCUT2D eigenvalue weighted by Crippen LogP contribution is 2.37. The molecule has 0 fully saturated rings. The van der Waals surface area contributed by atoms with E-state index < -0.39 is 5.97 Å². The quantitative estimate of drug-likeness (QED) is 0.879. The molecule has 2 aromatic rings. The molecule has 2 heterocycles. The van der Waals surface area contributed by atoms with Gasteiger partial charge < -0.3 is 15.0 Å². The zero-order chi connectivity index (χ0) is 16.4. The summed E-state index contributed by atoms with van der Waals surface area (Å²) in [6, 6.07) is 8.97. The Kier molecular flexibility index (Phi) is 4.45. The monoisotopic (exact) mass is 330 g/mol. The maximum atomic E-state index is 12.4. The van der Waals surface area contributed by atoms with Crippen molar-refractivity contribution in [2.75, 3.05) is 26.0 Å². The molecule has 0 unspecified atom stereocenters. The van der Waals surface area contributed by atoms with Crippen LogP contribution in [-0.2, 0) is 17.7 Å². The third-order valence-electron chi connectivity index (χ3n) is 3.90. The zero-order valence-electron chi connectivity index (χ0n) is 13.1. The summed E-state index contributed by atoms with van der Waals surface area (Å²) in [4.78, 5) is 27.9. The maximum Gasteiger partial charge on any atom is 0.341 e. The minimum Gasteiger partial charge on any atom is -0.465 e. The topological polar surface area (TPSA) is 58.6 Å². The van der Waals surface area contributed by atoms with Crippen molar-refractivity contribution in [3.05, 3.63) is 51.9 Å². The molecular formula is C17H18N2O3S. The fourth-order valence-corrected chi connectivity index (χ4v) is 4.01. The predicted molar refractivity (Wildman–Crippen MR) is 90.1 cm³/mol. The Morgan fingerprint density at radius 2 is 2.00 bits per heavy atom. The Morgan fingerprint density at radius 1 is 1.26 bits per heavy atom. The molecule has 3 rings (SSSR count). The SMILES string of the molecule is COC(=O)c1c(NC(=O)c2ccccc2)sc2c1CCN(C)C2. The molecule has 0 aliphatic carbocycles. The minimum atomic E-state index is -0.393.